The predicted molar refractivity (Wildman–Crippen MR) is 84.3 cm³/mol. The minimum atomic E-state index is -3.54. The number of methoxy groups -OCH3 is 1. The van der Waals surface area contributed by atoms with Crippen molar-refractivity contribution in [3.8, 4) is 5.75 Å². The third-order valence-electron chi connectivity index (χ3n) is 3.99. The minimum Gasteiger partial charge on any atom is -0.495 e. The van der Waals surface area contributed by atoms with E-state index in [4.69, 9.17) is 16.3 Å². The van der Waals surface area contributed by atoms with Gasteiger partial charge in [0.15, 0.2) is 0 Å². The molecule has 4 nitrogen and oxygen atoms in total. The third kappa shape index (κ3) is 3.20. The zero-order valence-electron chi connectivity index (χ0n) is 12.7. The zero-order chi connectivity index (χ0) is 15.6. The summed E-state index contributed by atoms with van der Waals surface area (Å²) in [7, 11) is -2.05. The standard InChI is InChI=1S/C15H22ClNO3S/c1-11(2)13-5-4-8-17(13)21(18,19)15-7-6-12(10-16)9-14(15)20-3/h6-7,9,11,13H,4-5,8,10H2,1-3H3. The molecular formula is C15H22ClNO3S. The molecular weight excluding hydrogens is 310 g/mol. The Bertz CT molecular complexity index is 601. The summed E-state index contributed by atoms with van der Waals surface area (Å²) in [6.07, 6.45) is 1.82. The number of rotatable bonds is 5. The predicted octanol–water partition coefficient (Wildman–Crippen LogP) is 3.24. The molecule has 1 fully saturated rings. The molecule has 2 rings (SSSR count). The Morgan fingerprint density at radius 3 is 2.71 bits per heavy atom. The van der Waals surface area contributed by atoms with E-state index in [9.17, 15) is 8.42 Å². The lowest BCUT2D eigenvalue weighted by atomic mass is 10.0. The molecule has 0 saturated carbocycles. The molecule has 0 aromatic heterocycles. The van der Waals surface area contributed by atoms with Crippen molar-refractivity contribution in [2.45, 2.75) is 43.5 Å². The first-order valence-electron chi connectivity index (χ1n) is 7.16. The first kappa shape index (κ1) is 16.6. The van der Waals surface area contributed by atoms with Crippen molar-refractivity contribution in [1.82, 2.24) is 4.31 Å². The van der Waals surface area contributed by atoms with Crippen molar-refractivity contribution >= 4 is 21.6 Å². The van der Waals surface area contributed by atoms with E-state index in [1.165, 1.54) is 7.11 Å². The van der Waals surface area contributed by atoms with Crippen LogP contribution in [-0.2, 0) is 15.9 Å². The summed E-state index contributed by atoms with van der Waals surface area (Å²) in [5.41, 5.74) is 0.842. The van der Waals surface area contributed by atoms with Crippen molar-refractivity contribution in [3.05, 3.63) is 23.8 Å². The Morgan fingerprint density at radius 2 is 2.14 bits per heavy atom. The first-order valence-corrected chi connectivity index (χ1v) is 9.14. The second-order valence-electron chi connectivity index (χ2n) is 5.69. The highest BCUT2D eigenvalue weighted by atomic mass is 35.5. The van der Waals surface area contributed by atoms with Gasteiger partial charge in [-0.1, -0.05) is 19.9 Å². The molecule has 1 aliphatic rings. The molecule has 1 aromatic rings. The van der Waals surface area contributed by atoms with Crippen LogP contribution in [-0.4, -0.2) is 32.4 Å². The maximum absolute atomic E-state index is 12.9. The SMILES string of the molecule is COc1cc(CCl)ccc1S(=O)(=O)N1CCCC1C(C)C. The molecule has 0 radical (unpaired) electrons. The molecule has 1 saturated heterocycles. The monoisotopic (exact) mass is 331 g/mol. The van der Waals surface area contributed by atoms with Gasteiger partial charge in [-0.15, -0.1) is 11.6 Å². The van der Waals surface area contributed by atoms with Crippen LogP contribution in [0, 0.1) is 5.92 Å². The van der Waals surface area contributed by atoms with Crippen molar-refractivity contribution in [2.75, 3.05) is 13.7 Å². The van der Waals surface area contributed by atoms with Crippen LogP contribution < -0.4 is 4.74 Å². The van der Waals surface area contributed by atoms with Gasteiger partial charge in [-0.3, -0.25) is 0 Å². The molecule has 1 aromatic carbocycles. The van der Waals surface area contributed by atoms with Gasteiger partial charge in [-0.05, 0) is 36.5 Å². The second-order valence-corrected chi connectivity index (χ2v) is 7.81. The van der Waals surface area contributed by atoms with Gasteiger partial charge in [0, 0.05) is 18.5 Å². The number of sulfonamides is 1. The van der Waals surface area contributed by atoms with Crippen LogP contribution in [0.2, 0.25) is 0 Å². The number of hydrogen-bond donors (Lipinski definition) is 0. The van der Waals surface area contributed by atoms with Crippen molar-refractivity contribution in [2.24, 2.45) is 5.92 Å². The van der Waals surface area contributed by atoms with Crippen LogP contribution in [0.3, 0.4) is 0 Å². The van der Waals surface area contributed by atoms with E-state index in [0.717, 1.165) is 18.4 Å². The summed E-state index contributed by atoms with van der Waals surface area (Å²) in [6, 6.07) is 5.09. The normalized spacial score (nSPS) is 20.1. The maximum Gasteiger partial charge on any atom is 0.247 e. The van der Waals surface area contributed by atoms with Crippen LogP contribution in [0.4, 0.5) is 0 Å². The van der Waals surface area contributed by atoms with Gasteiger partial charge < -0.3 is 4.74 Å². The second kappa shape index (κ2) is 6.55. The zero-order valence-corrected chi connectivity index (χ0v) is 14.2. The fraction of sp³-hybridized carbons (Fsp3) is 0.600. The number of benzene rings is 1. The van der Waals surface area contributed by atoms with E-state index < -0.39 is 10.0 Å². The molecule has 0 bridgehead atoms. The van der Waals surface area contributed by atoms with Gasteiger partial charge in [0.05, 0.1) is 7.11 Å². The molecule has 0 amide bonds. The Morgan fingerprint density at radius 1 is 1.43 bits per heavy atom. The van der Waals surface area contributed by atoms with Crippen LogP contribution in [0.1, 0.15) is 32.3 Å². The fourth-order valence-electron chi connectivity index (χ4n) is 2.86. The summed E-state index contributed by atoms with van der Waals surface area (Å²) in [5.74, 6) is 0.993. The molecule has 118 valence electrons. The van der Waals surface area contributed by atoms with E-state index in [1.54, 1.807) is 22.5 Å². The Labute approximate surface area is 132 Å². The highest BCUT2D eigenvalue weighted by Crippen LogP contribution is 2.34. The van der Waals surface area contributed by atoms with Gasteiger partial charge in [0.1, 0.15) is 10.6 Å². The van der Waals surface area contributed by atoms with Gasteiger partial charge in [-0.25, -0.2) is 8.42 Å². The summed E-state index contributed by atoms with van der Waals surface area (Å²) in [6.45, 7) is 4.70. The van der Waals surface area contributed by atoms with Crippen molar-refractivity contribution < 1.29 is 13.2 Å². The van der Waals surface area contributed by atoms with Crippen LogP contribution in [0.5, 0.6) is 5.75 Å². The fourth-order valence-corrected chi connectivity index (χ4v) is 5.00. The number of ether oxygens (including phenoxy) is 1. The van der Waals surface area contributed by atoms with Gasteiger partial charge in [-0.2, -0.15) is 4.31 Å². The Kier molecular flexibility index (Phi) is 5.17. The quantitative estimate of drug-likeness (QED) is 0.778. The number of nitrogens with zero attached hydrogens (tertiary/aromatic N) is 1. The molecule has 0 N–H and O–H groups in total. The summed E-state index contributed by atoms with van der Waals surface area (Å²) in [5, 5.41) is 0. The summed E-state index contributed by atoms with van der Waals surface area (Å²) >= 11 is 5.80. The lowest BCUT2D eigenvalue weighted by molar-refractivity contribution is 0.313. The lowest BCUT2D eigenvalue weighted by Crippen LogP contribution is -2.38. The molecule has 1 heterocycles. The smallest absolute Gasteiger partial charge is 0.247 e. The molecule has 1 atom stereocenters. The highest BCUT2D eigenvalue weighted by Gasteiger charge is 2.38. The van der Waals surface area contributed by atoms with Gasteiger partial charge in [0.25, 0.3) is 0 Å². The largest absolute Gasteiger partial charge is 0.495 e. The Balaban J connectivity index is 2.44. The molecule has 1 aliphatic heterocycles. The highest BCUT2D eigenvalue weighted by molar-refractivity contribution is 7.89. The average molecular weight is 332 g/mol. The minimum absolute atomic E-state index is 0.0624. The summed E-state index contributed by atoms with van der Waals surface area (Å²) in [4.78, 5) is 0.228. The topological polar surface area (TPSA) is 46.6 Å². The molecule has 6 heteroatoms. The van der Waals surface area contributed by atoms with E-state index in [2.05, 4.69) is 13.8 Å². The van der Waals surface area contributed by atoms with E-state index in [1.807, 2.05) is 0 Å². The molecule has 0 aliphatic carbocycles. The van der Waals surface area contributed by atoms with Crippen LogP contribution in [0.25, 0.3) is 0 Å². The molecule has 0 spiro atoms. The number of hydrogen-bond acceptors (Lipinski definition) is 3. The van der Waals surface area contributed by atoms with Crippen LogP contribution in [0.15, 0.2) is 23.1 Å². The number of alkyl halides is 1. The van der Waals surface area contributed by atoms with Gasteiger partial charge in [0.2, 0.25) is 10.0 Å². The van der Waals surface area contributed by atoms with E-state index in [-0.39, 0.29) is 10.9 Å². The molecule has 1 unspecified atom stereocenters. The van der Waals surface area contributed by atoms with Crippen molar-refractivity contribution in [1.29, 1.82) is 0 Å². The van der Waals surface area contributed by atoms with E-state index >= 15 is 0 Å². The molecule has 21 heavy (non-hydrogen) atoms. The Hall–Kier alpha value is -0.780. The van der Waals surface area contributed by atoms with E-state index in [0.29, 0.717) is 24.1 Å². The van der Waals surface area contributed by atoms with Crippen LogP contribution >= 0.6 is 11.6 Å². The third-order valence-corrected chi connectivity index (χ3v) is 6.26. The maximum atomic E-state index is 12.9. The first-order chi connectivity index (χ1) is 9.91. The van der Waals surface area contributed by atoms with Crippen molar-refractivity contribution in [3.63, 3.8) is 0 Å². The average Bonchev–Trinajstić information content (AvgIpc) is 2.96. The number of halogens is 1. The lowest BCUT2D eigenvalue weighted by Gasteiger charge is -2.27. The summed E-state index contributed by atoms with van der Waals surface area (Å²) < 4.78 is 32.8. The van der Waals surface area contributed by atoms with Gasteiger partial charge >= 0.3 is 0 Å².